The zero-order valence-corrected chi connectivity index (χ0v) is 11.5. The summed E-state index contributed by atoms with van der Waals surface area (Å²) < 4.78 is 0. The van der Waals surface area contributed by atoms with Crippen LogP contribution in [0.25, 0.3) is 0 Å². The van der Waals surface area contributed by atoms with Gasteiger partial charge in [-0.2, -0.15) is 0 Å². The van der Waals surface area contributed by atoms with E-state index in [2.05, 4.69) is 15.3 Å². The zero-order chi connectivity index (χ0) is 12.7. The van der Waals surface area contributed by atoms with Crippen molar-refractivity contribution in [3.63, 3.8) is 0 Å². The smallest absolute Gasteiger partial charge is 0.133 e. The molecule has 1 heterocycles. The van der Waals surface area contributed by atoms with Crippen LogP contribution in [0.5, 0.6) is 0 Å². The summed E-state index contributed by atoms with van der Waals surface area (Å²) in [7, 11) is 0. The molecule has 3 aliphatic carbocycles. The maximum absolute atomic E-state index is 4.62. The van der Waals surface area contributed by atoms with Gasteiger partial charge in [-0.1, -0.05) is 6.42 Å². The normalized spacial score (nSPS) is 32.7. The summed E-state index contributed by atoms with van der Waals surface area (Å²) in [6, 6.07) is 2.01. The highest BCUT2D eigenvalue weighted by Gasteiger charge is 2.38. The fourth-order valence-electron chi connectivity index (χ4n) is 4.13. The summed E-state index contributed by atoms with van der Waals surface area (Å²) in [5.74, 6) is 5.81. The van der Waals surface area contributed by atoms with Crippen LogP contribution < -0.4 is 5.32 Å². The molecule has 1 aromatic rings. The van der Waals surface area contributed by atoms with Gasteiger partial charge >= 0.3 is 0 Å². The summed E-state index contributed by atoms with van der Waals surface area (Å²) in [4.78, 5) is 8.99. The van der Waals surface area contributed by atoms with Gasteiger partial charge in [-0.25, -0.2) is 9.97 Å². The van der Waals surface area contributed by atoms with E-state index in [-0.39, 0.29) is 0 Å². The molecule has 0 saturated heterocycles. The topological polar surface area (TPSA) is 37.8 Å². The number of aromatic nitrogens is 2. The Hall–Kier alpha value is -1.12. The second-order valence-electron chi connectivity index (χ2n) is 6.72. The molecule has 102 valence electrons. The lowest BCUT2D eigenvalue weighted by atomic mass is 9.86. The van der Waals surface area contributed by atoms with Gasteiger partial charge in [0.05, 0.1) is 0 Å². The number of hydrogen-bond donors (Lipinski definition) is 1. The fourth-order valence-corrected chi connectivity index (χ4v) is 4.13. The van der Waals surface area contributed by atoms with Crippen LogP contribution in [0.1, 0.15) is 56.7 Å². The standard InChI is InChI=1S/C16H23N3/c1-2-13-9-11(1)10-14(13)5-7-17-15-6-8-18-16(19-15)12-3-4-12/h6,8,11-14H,1-5,7,9-10H2,(H,17,18,19). The van der Waals surface area contributed by atoms with Crippen molar-refractivity contribution >= 4 is 5.82 Å². The Bertz CT molecular complexity index is 455. The third-order valence-electron chi connectivity index (χ3n) is 5.32. The monoisotopic (exact) mass is 257 g/mol. The van der Waals surface area contributed by atoms with Gasteiger partial charge in [0.2, 0.25) is 0 Å². The second-order valence-corrected chi connectivity index (χ2v) is 6.72. The number of fused-ring (bicyclic) bond motifs is 2. The van der Waals surface area contributed by atoms with Gasteiger partial charge in [0, 0.05) is 18.7 Å². The van der Waals surface area contributed by atoms with Crippen molar-refractivity contribution in [2.24, 2.45) is 17.8 Å². The quantitative estimate of drug-likeness (QED) is 0.876. The van der Waals surface area contributed by atoms with Gasteiger partial charge in [-0.05, 0) is 62.3 Å². The van der Waals surface area contributed by atoms with Gasteiger partial charge in [0.25, 0.3) is 0 Å². The Balaban J connectivity index is 1.29. The summed E-state index contributed by atoms with van der Waals surface area (Å²) in [6.45, 7) is 1.08. The first-order chi connectivity index (χ1) is 9.38. The molecule has 3 nitrogen and oxygen atoms in total. The molecule has 3 unspecified atom stereocenters. The molecule has 1 N–H and O–H groups in total. The molecule has 3 aliphatic rings. The molecule has 3 fully saturated rings. The Morgan fingerprint density at radius 2 is 2.11 bits per heavy atom. The first-order valence-corrected chi connectivity index (χ1v) is 7.95. The third-order valence-corrected chi connectivity index (χ3v) is 5.32. The number of hydrogen-bond acceptors (Lipinski definition) is 3. The molecule has 3 atom stereocenters. The van der Waals surface area contributed by atoms with Gasteiger partial charge in [-0.3, -0.25) is 0 Å². The average Bonchev–Trinajstić information content (AvgIpc) is 3.09. The van der Waals surface area contributed by atoms with Crippen molar-refractivity contribution in [1.29, 1.82) is 0 Å². The van der Waals surface area contributed by atoms with E-state index in [0.29, 0.717) is 5.92 Å². The molecule has 3 saturated carbocycles. The fraction of sp³-hybridized carbons (Fsp3) is 0.750. The Morgan fingerprint density at radius 3 is 2.84 bits per heavy atom. The predicted octanol–water partition coefficient (Wildman–Crippen LogP) is 3.59. The van der Waals surface area contributed by atoms with Crippen molar-refractivity contribution in [3.05, 3.63) is 18.1 Å². The molecule has 0 spiro atoms. The van der Waals surface area contributed by atoms with Gasteiger partial charge in [0.1, 0.15) is 11.6 Å². The van der Waals surface area contributed by atoms with Gasteiger partial charge < -0.3 is 5.32 Å². The third kappa shape index (κ3) is 2.47. The molecule has 19 heavy (non-hydrogen) atoms. The molecule has 0 aliphatic heterocycles. The number of nitrogens with zero attached hydrogens (tertiary/aromatic N) is 2. The highest BCUT2D eigenvalue weighted by molar-refractivity contribution is 5.33. The molecular formula is C16H23N3. The largest absolute Gasteiger partial charge is 0.370 e. The summed E-state index contributed by atoms with van der Waals surface area (Å²) in [6.07, 6.45) is 11.8. The second kappa shape index (κ2) is 4.77. The minimum Gasteiger partial charge on any atom is -0.370 e. The summed E-state index contributed by atoms with van der Waals surface area (Å²) >= 11 is 0. The van der Waals surface area contributed by atoms with E-state index in [1.807, 2.05) is 12.3 Å². The summed E-state index contributed by atoms with van der Waals surface area (Å²) in [5, 5.41) is 3.50. The van der Waals surface area contributed by atoms with E-state index in [1.54, 1.807) is 0 Å². The Labute approximate surface area is 115 Å². The molecule has 4 rings (SSSR count). The minimum absolute atomic E-state index is 0.646. The van der Waals surface area contributed by atoms with Crippen LogP contribution in [0, 0.1) is 17.8 Å². The lowest BCUT2D eigenvalue weighted by Crippen LogP contribution is -2.15. The van der Waals surface area contributed by atoms with Gasteiger partial charge in [0.15, 0.2) is 0 Å². The first-order valence-electron chi connectivity index (χ1n) is 7.95. The maximum Gasteiger partial charge on any atom is 0.133 e. The van der Waals surface area contributed by atoms with Crippen LogP contribution in [0.2, 0.25) is 0 Å². The maximum atomic E-state index is 4.62. The Morgan fingerprint density at radius 1 is 1.16 bits per heavy atom. The van der Waals surface area contributed by atoms with Crippen molar-refractivity contribution in [2.75, 3.05) is 11.9 Å². The molecular weight excluding hydrogens is 234 g/mol. The van der Waals surface area contributed by atoms with Crippen LogP contribution >= 0.6 is 0 Å². The molecule has 0 amide bonds. The minimum atomic E-state index is 0.646. The summed E-state index contributed by atoms with van der Waals surface area (Å²) in [5.41, 5.74) is 0. The van der Waals surface area contributed by atoms with E-state index >= 15 is 0 Å². The van der Waals surface area contributed by atoms with Crippen molar-refractivity contribution in [3.8, 4) is 0 Å². The first kappa shape index (κ1) is 11.7. The SMILES string of the molecule is c1cc(NCCC2CC3CCC2C3)nc(C2CC2)n1. The molecule has 2 bridgehead atoms. The molecule has 3 heteroatoms. The molecule has 0 aromatic carbocycles. The number of nitrogens with one attached hydrogen (secondary N) is 1. The van der Waals surface area contributed by atoms with Crippen molar-refractivity contribution in [1.82, 2.24) is 9.97 Å². The van der Waals surface area contributed by atoms with Crippen LogP contribution in [0.15, 0.2) is 12.3 Å². The lowest BCUT2D eigenvalue weighted by Gasteiger charge is -2.21. The van der Waals surface area contributed by atoms with E-state index < -0.39 is 0 Å². The van der Waals surface area contributed by atoms with E-state index in [9.17, 15) is 0 Å². The van der Waals surface area contributed by atoms with Crippen LogP contribution in [-0.2, 0) is 0 Å². The zero-order valence-electron chi connectivity index (χ0n) is 11.5. The van der Waals surface area contributed by atoms with Gasteiger partial charge in [-0.15, -0.1) is 0 Å². The lowest BCUT2D eigenvalue weighted by molar-refractivity contribution is 0.321. The highest BCUT2D eigenvalue weighted by Crippen LogP contribution is 2.49. The number of rotatable bonds is 5. The predicted molar refractivity (Wildman–Crippen MR) is 76.1 cm³/mol. The Kier molecular flexibility index (Phi) is 2.93. The highest BCUT2D eigenvalue weighted by atomic mass is 15.0. The van der Waals surface area contributed by atoms with E-state index in [1.165, 1.54) is 44.9 Å². The molecule has 0 radical (unpaired) electrons. The van der Waals surface area contributed by atoms with Crippen molar-refractivity contribution < 1.29 is 0 Å². The average molecular weight is 257 g/mol. The van der Waals surface area contributed by atoms with E-state index in [4.69, 9.17) is 0 Å². The molecule has 1 aromatic heterocycles. The van der Waals surface area contributed by atoms with Crippen LogP contribution in [0.3, 0.4) is 0 Å². The van der Waals surface area contributed by atoms with Crippen LogP contribution in [-0.4, -0.2) is 16.5 Å². The van der Waals surface area contributed by atoms with E-state index in [0.717, 1.165) is 35.9 Å². The van der Waals surface area contributed by atoms with Crippen molar-refractivity contribution in [2.45, 2.75) is 50.9 Å². The van der Waals surface area contributed by atoms with Crippen LogP contribution in [0.4, 0.5) is 5.82 Å². The number of anilines is 1.